The summed E-state index contributed by atoms with van der Waals surface area (Å²) >= 11 is 5.84. The molecule has 0 spiro atoms. The van der Waals surface area contributed by atoms with Gasteiger partial charge in [0.15, 0.2) is 0 Å². The second-order valence-corrected chi connectivity index (χ2v) is 4.35. The lowest BCUT2D eigenvalue weighted by Crippen LogP contribution is -1.89. The van der Waals surface area contributed by atoms with E-state index in [-0.39, 0.29) is 5.75 Å². The van der Waals surface area contributed by atoms with Crippen LogP contribution in [0.25, 0.3) is 10.9 Å². The molecule has 78 valence electrons. The Kier molecular flexibility index (Phi) is 2.83. The maximum Gasteiger partial charge on any atom is 0.144 e. The smallest absolute Gasteiger partial charge is 0.144 e. The third kappa shape index (κ3) is 2.24. The van der Waals surface area contributed by atoms with Crippen LogP contribution in [0, 0.1) is 0 Å². The zero-order valence-corrected chi connectivity index (χ0v) is 9.20. The van der Waals surface area contributed by atoms with E-state index >= 15 is 0 Å². The van der Waals surface area contributed by atoms with Gasteiger partial charge >= 0.3 is 0 Å². The van der Waals surface area contributed by atoms with E-state index in [4.69, 9.17) is 11.6 Å². The molecule has 0 aliphatic rings. The monoisotopic (exact) mass is 242 g/mol. The highest BCUT2D eigenvalue weighted by Crippen LogP contribution is 2.20. The van der Waals surface area contributed by atoms with Crippen LogP contribution in [0.15, 0.2) is 24.5 Å². The van der Waals surface area contributed by atoms with Crippen molar-refractivity contribution in [3.8, 4) is 0 Å². The van der Waals surface area contributed by atoms with E-state index in [0.717, 1.165) is 5.39 Å². The number of halogens is 1. The van der Waals surface area contributed by atoms with Crippen LogP contribution in [-0.2, 0) is 16.5 Å². The summed E-state index contributed by atoms with van der Waals surface area (Å²) < 4.78 is 21.1. The highest BCUT2D eigenvalue weighted by atomic mass is 35.5. The fraction of sp³-hybridized carbons (Fsp3) is 0.111. The highest BCUT2D eigenvalue weighted by Gasteiger charge is 2.02. The van der Waals surface area contributed by atoms with E-state index < -0.39 is 10.7 Å². The normalized spacial score (nSPS) is 11.1. The SMILES string of the molecule is O=[SH](=O)Cc1ccc2c(Cl)ncnc2c1. The van der Waals surface area contributed by atoms with Crippen LogP contribution in [0.1, 0.15) is 5.56 Å². The number of thiol groups is 1. The van der Waals surface area contributed by atoms with Crippen molar-refractivity contribution in [2.24, 2.45) is 0 Å². The quantitative estimate of drug-likeness (QED) is 0.639. The molecule has 0 aliphatic heterocycles. The van der Waals surface area contributed by atoms with Crippen LogP contribution in [0.4, 0.5) is 0 Å². The predicted octanol–water partition coefficient (Wildman–Crippen LogP) is 1.39. The first-order valence-corrected chi connectivity index (χ1v) is 5.92. The standard InChI is InChI=1S/C9H7ClN2O2S/c10-9-7-2-1-6(4-15(13)14)3-8(7)11-5-12-9/h1-3,5,15H,4H2. The van der Waals surface area contributed by atoms with E-state index in [1.54, 1.807) is 18.2 Å². The summed E-state index contributed by atoms with van der Waals surface area (Å²) in [4.78, 5) is 7.85. The van der Waals surface area contributed by atoms with E-state index in [9.17, 15) is 8.42 Å². The summed E-state index contributed by atoms with van der Waals surface area (Å²) in [6.07, 6.45) is 1.35. The predicted molar refractivity (Wildman–Crippen MR) is 58.6 cm³/mol. The van der Waals surface area contributed by atoms with E-state index in [1.165, 1.54) is 6.33 Å². The van der Waals surface area contributed by atoms with E-state index in [0.29, 0.717) is 16.2 Å². The third-order valence-corrected chi connectivity index (χ3v) is 2.89. The Labute approximate surface area is 92.9 Å². The molecule has 0 amide bonds. The Morgan fingerprint density at radius 2 is 2.07 bits per heavy atom. The third-order valence-electron chi connectivity index (χ3n) is 1.96. The van der Waals surface area contributed by atoms with Crippen molar-refractivity contribution < 1.29 is 8.42 Å². The van der Waals surface area contributed by atoms with Crippen LogP contribution in [0.5, 0.6) is 0 Å². The number of hydrogen-bond donors (Lipinski definition) is 1. The average Bonchev–Trinajstić information content (AvgIpc) is 2.17. The Morgan fingerprint density at radius 3 is 2.80 bits per heavy atom. The van der Waals surface area contributed by atoms with Crippen molar-refractivity contribution in [3.63, 3.8) is 0 Å². The van der Waals surface area contributed by atoms with Gasteiger partial charge in [0.05, 0.1) is 11.3 Å². The van der Waals surface area contributed by atoms with Gasteiger partial charge in [-0.2, -0.15) is 0 Å². The molecule has 0 atom stereocenters. The zero-order chi connectivity index (χ0) is 10.8. The molecule has 1 aromatic carbocycles. The number of rotatable bonds is 2. The van der Waals surface area contributed by atoms with Crippen molar-refractivity contribution in [1.29, 1.82) is 0 Å². The molecule has 2 rings (SSSR count). The van der Waals surface area contributed by atoms with Gasteiger partial charge in [0.25, 0.3) is 0 Å². The maximum absolute atomic E-state index is 10.5. The molecular weight excluding hydrogens is 236 g/mol. The van der Waals surface area contributed by atoms with Gasteiger partial charge in [-0.3, -0.25) is 0 Å². The zero-order valence-electron chi connectivity index (χ0n) is 7.55. The molecule has 15 heavy (non-hydrogen) atoms. The molecule has 0 saturated heterocycles. The second-order valence-electron chi connectivity index (χ2n) is 3.01. The van der Waals surface area contributed by atoms with Gasteiger partial charge in [-0.15, -0.1) is 0 Å². The minimum absolute atomic E-state index is 0.0207. The number of hydrogen-bond acceptors (Lipinski definition) is 4. The average molecular weight is 243 g/mol. The van der Waals surface area contributed by atoms with Crippen molar-refractivity contribution >= 4 is 33.2 Å². The Morgan fingerprint density at radius 1 is 1.27 bits per heavy atom. The lowest BCUT2D eigenvalue weighted by Gasteiger charge is -2.00. The fourth-order valence-corrected chi connectivity index (χ4v) is 2.02. The minimum Gasteiger partial charge on any atom is -0.236 e. The van der Waals surface area contributed by atoms with E-state index in [2.05, 4.69) is 9.97 Å². The summed E-state index contributed by atoms with van der Waals surface area (Å²) in [5, 5.41) is 1.10. The Bertz CT molecular complexity index is 575. The topological polar surface area (TPSA) is 59.9 Å². The first-order valence-electron chi connectivity index (χ1n) is 4.18. The van der Waals surface area contributed by atoms with Gasteiger partial charge in [-0.05, 0) is 17.7 Å². The Balaban J connectivity index is 2.56. The lowest BCUT2D eigenvalue weighted by molar-refractivity contribution is 0.614. The molecular formula is C9H7ClN2O2S. The minimum atomic E-state index is -2.42. The second kappa shape index (κ2) is 4.12. The molecule has 0 N–H and O–H groups in total. The molecule has 0 fully saturated rings. The summed E-state index contributed by atoms with van der Waals surface area (Å²) in [6, 6.07) is 5.14. The largest absolute Gasteiger partial charge is 0.236 e. The summed E-state index contributed by atoms with van der Waals surface area (Å²) in [5.41, 5.74) is 1.36. The molecule has 4 nitrogen and oxygen atoms in total. The number of fused-ring (bicyclic) bond motifs is 1. The summed E-state index contributed by atoms with van der Waals surface area (Å²) in [7, 11) is -2.42. The van der Waals surface area contributed by atoms with Gasteiger partial charge in [0.2, 0.25) is 0 Å². The number of aromatic nitrogens is 2. The van der Waals surface area contributed by atoms with Gasteiger partial charge in [0.1, 0.15) is 22.2 Å². The van der Waals surface area contributed by atoms with Gasteiger partial charge in [0, 0.05) is 5.39 Å². The molecule has 0 unspecified atom stereocenters. The number of benzene rings is 1. The van der Waals surface area contributed by atoms with Crippen LogP contribution >= 0.6 is 11.6 Å². The van der Waals surface area contributed by atoms with Crippen molar-refractivity contribution in [2.75, 3.05) is 0 Å². The van der Waals surface area contributed by atoms with Crippen molar-refractivity contribution in [3.05, 3.63) is 35.2 Å². The fourth-order valence-electron chi connectivity index (χ4n) is 1.32. The molecule has 0 radical (unpaired) electrons. The summed E-state index contributed by atoms with van der Waals surface area (Å²) in [5.74, 6) is 0.0207. The highest BCUT2D eigenvalue weighted by molar-refractivity contribution is 7.71. The van der Waals surface area contributed by atoms with Crippen molar-refractivity contribution in [2.45, 2.75) is 5.75 Å². The molecule has 6 heteroatoms. The molecule has 2 aromatic rings. The maximum atomic E-state index is 10.5. The molecule has 1 heterocycles. The first kappa shape index (κ1) is 10.3. The lowest BCUT2D eigenvalue weighted by atomic mass is 10.2. The van der Waals surface area contributed by atoms with Gasteiger partial charge < -0.3 is 0 Å². The van der Waals surface area contributed by atoms with Crippen LogP contribution in [0.2, 0.25) is 5.15 Å². The first-order chi connectivity index (χ1) is 7.16. The number of nitrogens with zero attached hydrogens (tertiary/aromatic N) is 2. The van der Waals surface area contributed by atoms with E-state index in [1.807, 2.05) is 0 Å². The summed E-state index contributed by atoms with van der Waals surface area (Å²) in [6.45, 7) is 0. The van der Waals surface area contributed by atoms with Gasteiger partial charge in [-0.25, -0.2) is 18.4 Å². The van der Waals surface area contributed by atoms with Crippen LogP contribution in [-0.4, -0.2) is 18.4 Å². The molecule has 1 aromatic heterocycles. The molecule has 0 bridgehead atoms. The van der Waals surface area contributed by atoms with Crippen LogP contribution < -0.4 is 0 Å². The molecule has 0 saturated carbocycles. The van der Waals surface area contributed by atoms with Gasteiger partial charge in [-0.1, -0.05) is 17.7 Å². The molecule has 0 aliphatic carbocycles. The van der Waals surface area contributed by atoms with Crippen LogP contribution in [0.3, 0.4) is 0 Å². The van der Waals surface area contributed by atoms with Crippen molar-refractivity contribution in [1.82, 2.24) is 9.97 Å². The Hall–Kier alpha value is -1.20.